The van der Waals surface area contributed by atoms with Crippen LogP contribution in [0.5, 0.6) is 0 Å². The van der Waals surface area contributed by atoms with Gasteiger partial charge in [0.15, 0.2) is 5.78 Å². The van der Waals surface area contributed by atoms with E-state index in [1.54, 1.807) is 39.0 Å². The van der Waals surface area contributed by atoms with Crippen LogP contribution < -0.4 is 5.32 Å². The van der Waals surface area contributed by atoms with Crippen molar-refractivity contribution in [2.24, 2.45) is 0 Å². The number of aryl methyl sites for hydroxylation is 1. The van der Waals surface area contributed by atoms with E-state index >= 15 is 0 Å². The molecule has 10 nitrogen and oxygen atoms in total. The average molecular weight is 423 g/mol. The zero-order valence-electron chi connectivity index (χ0n) is 16.2. The van der Waals surface area contributed by atoms with E-state index in [1.807, 2.05) is 0 Å². The molecule has 0 amide bonds. The maximum Gasteiger partial charge on any atom is 0.357 e. The van der Waals surface area contributed by atoms with E-state index in [0.717, 1.165) is 0 Å². The lowest BCUT2D eigenvalue weighted by atomic mass is 10.1. The van der Waals surface area contributed by atoms with Gasteiger partial charge in [0.25, 0.3) is 11.4 Å². The molecular formula is C18H22N3O7P. The van der Waals surface area contributed by atoms with E-state index in [9.17, 15) is 24.8 Å². The Morgan fingerprint density at radius 3 is 2.24 bits per heavy atom. The van der Waals surface area contributed by atoms with E-state index in [1.165, 1.54) is 24.3 Å². The van der Waals surface area contributed by atoms with E-state index in [4.69, 9.17) is 9.05 Å². The van der Waals surface area contributed by atoms with Gasteiger partial charge in [0.2, 0.25) is 0 Å². The minimum Gasteiger partial charge on any atom is -0.368 e. The molecule has 0 aliphatic rings. The maximum absolute atomic E-state index is 13.5. The molecule has 0 aromatic heterocycles. The number of nitro groups is 2. The zero-order valence-corrected chi connectivity index (χ0v) is 17.1. The molecule has 11 heteroatoms. The average Bonchev–Trinajstić information content (AvgIpc) is 2.67. The second-order valence-electron chi connectivity index (χ2n) is 6.03. The third-order valence-electron chi connectivity index (χ3n) is 4.04. The van der Waals surface area contributed by atoms with Crippen molar-refractivity contribution < 1.29 is 23.5 Å². The Morgan fingerprint density at radius 1 is 1.03 bits per heavy atom. The van der Waals surface area contributed by atoms with Gasteiger partial charge >= 0.3 is 7.60 Å². The van der Waals surface area contributed by atoms with Gasteiger partial charge in [-0.05, 0) is 32.4 Å². The van der Waals surface area contributed by atoms with Crippen molar-refractivity contribution in [3.63, 3.8) is 0 Å². The quantitative estimate of drug-likeness (QED) is 0.313. The molecule has 156 valence electrons. The highest BCUT2D eigenvalue weighted by molar-refractivity contribution is 7.54. The number of rotatable bonds is 10. The van der Waals surface area contributed by atoms with Gasteiger partial charge in [-0.2, -0.15) is 0 Å². The fourth-order valence-electron chi connectivity index (χ4n) is 2.75. The molecular weight excluding hydrogens is 401 g/mol. The lowest BCUT2D eigenvalue weighted by molar-refractivity contribution is -0.385. The molecule has 0 spiro atoms. The summed E-state index contributed by atoms with van der Waals surface area (Å²) in [5.74, 6) is -1.11. The summed E-state index contributed by atoms with van der Waals surface area (Å²) in [6.45, 7) is 5.06. The Balaban J connectivity index is 2.57. The van der Waals surface area contributed by atoms with E-state index in [2.05, 4.69) is 5.32 Å². The summed E-state index contributed by atoms with van der Waals surface area (Å²) in [6.07, 6.45) is 0. The third-order valence-corrected chi connectivity index (χ3v) is 6.34. The summed E-state index contributed by atoms with van der Waals surface area (Å²) >= 11 is 0. The molecule has 2 aromatic carbocycles. The summed E-state index contributed by atoms with van der Waals surface area (Å²) in [7, 11) is -3.82. The van der Waals surface area contributed by atoms with E-state index in [0.29, 0.717) is 16.8 Å². The van der Waals surface area contributed by atoms with Crippen LogP contribution in [0.1, 0.15) is 30.8 Å². The number of hydrogen-bond acceptors (Lipinski definition) is 8. The first kappa shape index (κ1) is 22.5. The van der Waals surface area contributed by atoms with Crippen molar-refractivity contribution in [2.45, 2.75) is 26.6 Å². The van der Waals surface area contributed by atoms with Crippen molar-refractivity contribution in [3.8, 4) is 0 Å². The molecule has 0 fully saturated rings. The smallest absolute Gasteiger partial charge is 0.357 e. The van der Waals surface area contributed by atoms with Crippen LogP contribution in [-0.4, -0.2) is 23.1 Å². The Morgan fingerprint density at radius 2 is 1.69 bits per heavy atom. The lowest BCUT2D eigenvalue weighted by Crippen LogP contribution is -2.15. The monoisotopic (exact) mass is 423 g/mol. The number of hydrogen-bond donors (Lipinski definition) is 1. The molecule has 0 saturated heterocycles. The van der Waals surface area contributed by atoms with Crippen molar-refractivity contribution in [3.05, 3.63) is 73.8 Å². The van der Waals surface area contributed by atoms with Gasteiger partial charge in [0.1, 0.15) is 0 Å². The van der Waals surface area contributed by atoms with Crippen LogP contribution in [0.3, 0.4) is 0 Å². The van der Waals surface area contributed by atoms with Crippen molar-refractivity contribution in [1.29, 1.82) is 0 Å². The number of nitrogens with zero attached hydrogens (tertiary/aromatic N) is 2. The molecule has 0 heterocycles. The standard InChI is InChI=1S/C18H22N3O7P/c1-4-27-29(26,28-5-2)18(14-7-6-8-16(11-14)20(22)23)19-15-10-9-13(3)17(12-15)21(24)25/h6-12,18-19H,4-5H2,1-3H3. The molecule has 29 heavy (non-hydrogen) atoms. The van der Waals surface area contributed by atoms with Crippen molar-refractivity contribution >= 4 is 24.7 Å². The SMILES string of the molecule is CCOP(=O)(OCC)C(Nc1ccc(C)c([N+](=O)[O-])c1)c1cccc([N+](=O)[O-])c1. The second kappa shape index (κ2) is 9.60. The molecule has 0 aliphatic heterocycles. The molecule has 2 aromatic rings. The van der Waals surface area contributed by atoms with Crippen LogP contribution in [0, 0.1) is 27.2 Å². The second-order valence-corrected chi connectivity index (χ2v) is 8.15. The zero-order chi connectivity index (χ0) is 21.6. The van der Waals surface area contributed by atoms with Crippen LogP contribution in [-0.2, 0) is 13.6 Å². The number of non-ortho nitro benzene ring substituents is 1. The molecule has 0 radical (unpaired) electrons. The first-order valence-electron chi connectivity index (χ1n) is 8.86. The van der Waals surface area contributed by atoms with Crippen molar-refractivity contribution in [1.82, 2.24) is 0 Å². The van der Waals surface area contributed by atoms with Crippen LogP contribution in [0.2, 0.25) is 0 Å². The normalized spacial score (nSPS) is 12.4. The van der Waals surface area contributed by atoms with Crippen LogP contribution in [0.25, 0.3) is 0 Å². The predicted octanol–water partition coefficient (Wildman–Crippen LogP) is 5.19. The number of benzene rings is 2. The number of nitro benzene ring substituents is 2. The lowest BCUT2D eigenvalue weighted by Gasteiger charge is -2.28. The van der Waals surface area contributed by atoms with Gasteiger partial charge in [-0.25, -0.2) is 0 Å². The highest BCUT2D eigenvalue weighted by atomic mass is 31.2. The summed E-state index contributed by atoms with van der Waals surface area (Å²) in [5.41, 5.74) is 0.760. The summed E-state index contributed by atoms with van der Waals surface area (Å²) in [4.78, 5) is 21.3. The topological polar surface area (TPSA) is 134 Å². The Hall–Kier alpha value is -2.81. The number of nitrogens with one attached hydrogen (secondary N) is 1. The Bertz CT molecular complexity index is 941. The molecule has 0 bridgehead atoms. The van der Waals surface area contributed by atoms with Crippen LogP contribution in [0.15, 0.2) is 42.5 Å². The van der Waals surface area contributed by atoms with Gasteiger partial charge < -0.3 is 14.4 Å². The molecule has 1 N–H and O–H groups in total. The van der Waals surface area contributed by atoms with Gasteiger partial charge in [0, 0.05) is 29.4 Å². The Labute approximate surface area is 167 Å². The summed E-state index contributed by atoms with van der Waals surface area (Å²) < 4.78 is 24.3. The first-order chi connectivity index (χ1) is 13.7. The summed E-state index contributed by atoms with van der Waals surface area (Å²) in [6, 6.07) is 10.0. The molecule has 1 unspecified atom stereocenters. The van der Waals surface area contributed by atoms with E-state index < -0.39 is 23.2 Å². The van der Waals surface area contributed by atoms with E-state index in [-0.39, 0.29) is 24.6 Å². The first-order valence-corrected chi connectivity index (χ1v) is 10.5. The fourth-order valence-corrected chi connectivity index (χ4v) is 4.68. The minimum atomic E-state index is -3.82. The van der Waals surface area contributed by atoms with Crippen molar-refractivity contribution in [2.75, 3.05) is 18.5 Å². The molecule has 0 saturated carbocycles. The largest absolute Gasteiger partial charge is 0.368 e. The van der Waals surface area contributed by atoms with Crippen LogP contribution >= 0.6 is 7.60 Å². The summed E-state index contributed by atoms with van der Waals surface area (Å²) in [5, 5.41) is 25.4. The van der Waals surface area contributed by atoms with Gasteiger partial charge in [-0.15, -0.1) is 0 Å². The van der Waals surface area contributed by atoms with Gasteiger partial charge in [0.05, 0.1) is 23.1 Å². The highest BCUT2D eigenvalue weighted by Crippen LogP contribution is 2.61. The Kier molecular flexibility index (Phi) is 7.44. The highest BCUT2D eigenvalue weighted by Gasteiger charge is 2.38. The van der Waals surface area contributed by atoms with Gasteiger partial charge in [-0.3, -0.25) is 24.8 Å². The molecule has 1 atom stereocenters. The minimum absolute atomic E-state index is 0.0818. The van der Waals surface area contributed by atoms with Gasteiger partial charge in [-0.1, -0.05) is 18.2 Å². The third kappa shape index (κ3) is 5.38. The molecule has 2 rings (SSSR count). The number of anilines is 1. The molecule has 0 aliphatic carbocycles. The fraction of sp³-hybridized carbons (Fsp3) is 0.333. The maximum atomic E-state index is 13.5. The predicted molar refractivity (Wildman–Crippen MR) is 108 cm³/mol. The van der Waals surface area contributed by atoms with Crippen LogP contribution in [0.4, 0.5) is 17.1 Å².